The van der Waals surface area contributed by atoms with Gasteiger partial charge in [-0.05, 0) is 42.2 Å². The fourth-order valence-electron chi connectivity index (χ4n) is 4.07. The van der Waals surface area contributed by atoms with E-state index in [1.54, 1.807) is 30.0 Å². The van der Waals surface area contributed by atoms with Crippen LogP contribution in [0.4, 0.5) is 14.9 Å². The van der Waals surface area contributed by atoms with E-state index in [2.05, 4.69) is 11.4 Å². The number of urea groups is 1. The number of nitrogens with one attached hydrogen (secondary N) is 1. The third-order valence-electron chi connectivity index (χ3n) is 5.75. The van der Waals surface area contributed by atoms with Crippen LogP contribution in [-0.2, 0) is 17.8 Å². The van der Waals surface area contributed by atoms with Gasteiger partial charge in [0.1, 0.15) is 12.2 Å². The minimum Gasteiger partial charge on any atom is -0.336 e. The zero-order valence-electron chi connectivity index (χ0n) is 16.2. The second-order valence-electron chi connectivity index (χ2n) is 7.62. The molecule has 7 heteroatoms. The van der Waals surface area contributed by atoms with Crippen LogP contribution in [0.5, 0.6) is 0 Å². The van der Waals surface area contributed by atoms with Crippen molar-refractivity contribution in [1.82, 2.24) is 9.80 Å². The molecule has 0 radical (unpaired) electrons. The summed E-state index contributed by atoms with van der Waals surface area (Å²) < 4.78 is 14.2. The molecule has 2 aliphatic heterocycles. The smallest absolute Gasteiger partial charge is 0.322 e. The summed E-state index contributed by atoms with van der Waals surface area (Å²) in [5.74, 6) is -0.197. The lowest BCUT2D eigenvalue weighted by atomic mass is 9.99. The lowest BCUT2D eigenvalue weighted by Gasteiger charge is -2.33. The molecule has 0 spiro atoms. The first-order chi connectivity index (χ1) is 13.9. The van der Waals surface area contributed by atoms with Crippen molar-refractivity contribution in [3.8, 4) is 0 Å². The average Bonchev–Trinajstić information content (AvgIpc) is 3.12. The van der Waals surface area contributed by atoms with Crippen LogP contribution < -0.4 is 5.32 Å². The van der Waals surface area contributed by atoms with Gasteiger partial charge in [0.2, 0.25) is 5.91 Å². The number of rotatable bonds is 2. The van der Waals surface area contributed by atoms with E-state index >= 15 is 0 Å². The number of carbonyl (C=O) groups is 2. The number of anilines is 1. The van der Waals surface area contributed by atoms with E-state index in [1.807, 2.05) is 18.2 Å². The van der Waals surface area contributed by atoms with Gasteiger partial charge in [-0.25, -0.2) is 9.18 Å². The number of hydrogen-bond donors (Lipinski definition) is 1. The molecule has 4 rings (SSSR count). The summed E-state index contributed by atoms with van der Waals surface area (Å²) in [4.78, 5) is 29.1. The van der Waals surface area contributed by atoms with Gasteiger partial charge in [0, 0.05) is 30.2 Å². The van der Waals surface area contributed by atoms with Crippen molar-refractivity contribution in [3.63, 3.8) is 0 Å². The Kier molecular flexibility index (Phi) is 5.46. The number of alkyl halides is 1. The summed E-state index contributed by atoms with van der Waals surface area (Å²) in [7, 11) is 0. The van der Waals surface area contributed by atoms with Crippen molar-refractivity contribution in [2.24, 2.45) is 0 Å². The average molecular weight is 416 g/mol. The standard InChI is InChI=1S/C22H23ClFN3O2/c1-14-18(23)7-4-8-19(14)25-22(29)27-13-17(24)11-20(27)21(28)26-10-9-15-5-2-3-6-16(15)12-26/h2-8,17,20H,9-13H2,1H3,(H,25,29). The zero-order valence-corrected chi connectivity index (χ0v) is 17.0. The lowest BCUT2D eigenvalue weighted by molar-refractivity contribution is -0.136. The molecule has 0 aromatic heterocycles. The van der Waals surface area contributed by atoms with E-state index in [4.69, 9.17) is 11.6 Å². The summed E-state index contributed by atoms with van der Waals surface area (Å²) >= 11 is 6.12. The van der Waals surface area contributed by atoms with Crippen LogP contribution >= 0.6 is 11.6 Å². The molecule has 2 aliphatic rings. The highest BCUT2D eigenvalue weighted by atomic mass is 35.5. The Morgan fingerprint density at radius 3 is 2.69 bits per heavy atom. The first-order valence-corrected chi connectivity index (χ1v) is 10.1. The summed E-state index contributed by atoms with van der Waals surface area (Å²) in [6.45, 7) is 2.78. The molecule has 0 saturated carbocycles. The van der Waals surface area contributed by atoms with Crippen LogP contribution in [0.2, 0.25) is 5.02 Å². The monoisotopic (exact) mass is 415 g/mol. The molecular formula is C22H23ClFN3O2. The molecule has 1 saturated heterocycles. The molecule has 2 aromatic rings. The Labute approximate surface area is 174 Å². The number of nitrogens with zero attached hydrogens (tertiary/aromatic N) is 2. The molecular weight excluding hydrogens is 393 g/mol. The van der Waals surface area contributed by atoms with Crippen molar-refractivity contribution in [2.75, 3.05) is 18.4 Å². The quantitative estimate of drug-likeness (QED) is 0.800. The fourth-order valence-corrected chi connectivity index (χ4v) is 4.24. The summed E-state index contributed by atoms with van der Waals surface area (Å²) in [6.07, 6.45) is -0.423. The molecule has 2 aromatic carbocycles. The highest BCUT2D eigenvalue weighted by Gasteiger charge is 2.42. The van der Waals surface area contributed by atoms with Crippen molar-refractivity contribution in [1.29, 1.82) is 0 Å². The van der Waals surface area contributed by atoms with Gasteiger partial charge in [0.05, 0.1) is 6.54 Å². The van der Waals surface area contributed by atoms with Gasteiger partial charge in [-0.15, -0.1) is 0 Å². The number of carbonyl (C=O) groups excluding carboxylic acids is 2. The van der Waals surface area contributed by atoms with E-state index in [0.29, 0.717) is 23.8 Å². The molecule has 0 aliphatic carbocycles. The molecule has 3 amide bonds. The number of amides is 3. The molecule has 2 unspecified atom stereocenters. The molecule has 2 heterocycles. The van der Waals surface area contributed by atoms with E-state index in [9.17, 15) is 14.0 Å². The maximum atomic E-state index is 14.2. The molecule has 1 N–H and O–H groups in total. The van der Waals surface area contributed by atoms with Crippen molar-refractivity contribution in [2.45, 2.75) is 38.5 Å². The number of halogens is 2. The Bertz CT molecular complexity index is 951. The van der Waals surface area contributed by atoms with Crippen molar-refractivity contribution in [3.05, 3.63) is 64.2 Å². The topological polar surface area (TPSA) is 52.7 Å². The molecule has 29 heavy (non-hydrogen) atoms. The minimum atomic E-state index is -1.22. The normalized spacial score (nSPS) is 21.1. The van der Waals surface area contributed by atoms with E-state index in [0.717, 1.165) is 17.5 Å². The predicted molar refractivity (Wildman–Crippen MR) is 111 cm³/mol. The highest BCUT2D eigenvalue weighted by molar-refractivity contribution is 6.31. The zero-order chi connectivity index (χ0) is 20.5. The summed E-state index contributed by atoms with van der Waals surface area (Å²) in [5.41, 5.74) is 3.63. The second kappa shape index (κ2) is 8.03. The molecule has 152 valence electrons. The number of fused-ring (bicyclic) bond motifs is 1. The van der Waals surface area contributed by atoms with E-state index < -0.39 is 18.2 Å². The van der Waals surface area contributed by atoms with Gasteiger partial charge in [0.15, 0.2) is 0 Å². The molecule has 1 fully saturated rings. The number of hydrogen-bond acceptors (Lipinski definition) is 2. The van der Waals surface area contributed by atoms with Gasteiger partial charge in [-0.2, -0.15) is 0 Å². The molecule has 0 bridgehead atoms. The first-order valence-electron chi connectivity index (χ1n) is 9.76. The molecule has 5 nitrogen and oxygen atoms in total. The van der Waals surface area contributed by atoms with Gasteiger partial charge in [0.25, 0.3) is 0 Å². The largest absolute Gasteiger partial charge is 0.336 e. The van der Waals surface area contributed by atoms with Crippen LogP contribution in [0, 0.1) is 6.92 Å². The van der Waals surface area contributed by atoms with Crippen molar-refractivity contribution < 1.29 is 14.0 Å². The van der Waals surface area contributed by atoms with Crippen LogP contribution in [0.15, 0.2) is 42.5 Å². The molecule has 2 atom stereocenters. The van der Waals surface area contributed by atoms with Crippen molar-refractivity contribution >= 4 is 29.2 Å². The highest BCUT2D eigenvalue weighted by Crippen LogP contribution is 2.28. The van der Waals surface area contributed by atoms with Crippen LogP contribution in [0.3, 0.4) is 0 Å². The number of benzene rings is 2. The Morgan fingerprint density at radius 1 is 1.14 bits per heavy atom. The third kappa shape index (κ3) is 3.94. The van der Waals surface area contributed by atoms with Gasteiger partial charge >= 0.3 is 6.03 Å². The first kappa shape index (κ1) is 19.7. The van der Waals surface area contributed by atoms with Crippen LogP contribution in [0.1, 0.15) is 23.1 Å². The maximum Gasteiger partial charge on any atom is 0.322 e. The second-order valence-corrected chi connectivity index (χ2v) is 8.03. The Balaban J connectivity index is 1.50. The maximum absolute atomic E-state index is 14.2. The van der Waals surface area contributed by atoms with Gasteiger partial charge < -0.3 is 15.1 Å². The minimum absolute atomic E-state index is 0.0267. The van der Waals surface area contributed by atoms with Crippen LogP contribution in [0.25, 0.3) is 0 Å². The van der Waals surface area contributed by atoms with E-state index in [1.165, 1.54) is 10.5 Å². The van der Waals surface area contributed by atoms with Gasteiger partial charge in [-0.3, -0.25) is 4.79 Å². The van der Waals surface area contributed by atoms with Crippen LogP contribution in [-0.4, -0.2) is 47.0 Å². The fraction of sp³-hybridized carbons (Fsp3) is 0.364. The Hall–Kier alpha value is -2.60. The van der Waals surface area contributed by atoms with E-state index in [-0.39, 0.29) is 18.9 Å². The van der Waals surface area contributed by atoms with Gasteiger partial charge in [-0.1, -0.05) is 41.9 Å². The summed E-state index contributed by atoms with van der Waals surface area (Å²) in [6, 6.07) is 12.0. The SMILES string of the molecule is Cc1c(Cl)cccc1NC(=O)N1CC(F)CC1C(=O)N1CCc2ccccc2C1. The summed E-state index contributed by atoms with van der Waals surface area (Å²) in [5, 5.41) is 3.32. The Morgan fingerprint density at radius 2 is 1.90 bits per heavy atom. The predicted octanol–water partition coefficient (Wildman–Crippen LogP) is 4.18. The third-order valence-corrected chi connectivity index (χ3v) is 6.16. The number of likely N-dealkylation sites (tertiary alicyclic amines) is 1. The lowest BCUT2D eigenvalue weighted by Crippen LogP contribution is -2.50.